The number of carbonyl (C=O) groups excluding carboxylic acids is 2. The van der Waals surface area contributed by atoms with Crippen molar-refractivity contribution in [2.75, 3.05) is 14.1 Å². The fraction of sp³-hybridized carbons (Fsp3) is 0.292. The molecule has 1 aromatic heterocycles. The molecule has 0 radical (unpaired) electrons. The quantitative estimate of drug-likeness (QED) is 0.429. The summed E-state index contributed by atoms with van der Waals surface area (Å²) in [5, 5.41) is 4.59. The molecule has 0 unspecified atom stereocenters. The summed E-state index contributed by atoms with van der Waals surface area (Å²) in [4.78, 5) is 25.6. The second-order valence-corrected chi connectivity index (χ2v) is 10.5. The Morgan fingerprint density at radius 1 is 0.912 bits per heavy atom. The average Bonchev–Trinajstić information content (AvgIpc) is 3.03. The molecule has 2 aromatic carbocycles. The molecular weight excluding hydrogens is 454 g/mol. The van der Waals surface area contributed by atoms with Gasteiger partial charge in [0.2, 0.25) is 10.0 Å². The van der Waals surface area contributed by atoms with Gasteiger partial charge in [-0.05, 0) is 56.0 Å². The summed E-state index contributed by atoms with van der Waals surface area (Å²) in [5.41, 5.74) is 8.00. The van der Waals surface area contributed by atoms with Crippen LogP contribution in [0.3, 0.4) is 0 Å². The molecule has 0 spiro atoms. The van der Waals surface area contributed by atoms with Crippen LogP contribution in [-0.4, -0.2) is 48.4 Å². The van der Waals surface area contributed by atoms with Gasteiger partial charge in [0.15, 0.2) is 5.69 Å². The van der Waals surface area contributed by atoms with Crippen LogP contribution in [0.25, 0.3) is 5.69 Å². The number of rotatable bonds is 5. The topological polar surface area (TPSA) is 113 Å². The zero-order valence-corrected chi connectivity index (χ0v) is 19.9. The highest BCUT2D eigenvalue weighted by molar-refractivity contribution is 7.89. The first-order chi connectivity index (χ1) is 16.3. The molecule has 9 nitrogen and oxygen atoms in total. The first-order valence-corrected chi connectivity index (χ1v) is 12.5. The molecule has 0 fully saturated rings. The van der Waals surface area contributed by atoms with Crippen LogP contribution in [0, 0.1) is 0 Å². The van der Waals surface area contributed by atoms with Crippen LogP contribution >= 0.6 is 0 Å². The largest absolute Gasteiger partial charge is 0.290 e. The number of nitrogens with zero attached hydrogens (tertiary/aromatic N) is 3. The van der Waals surface area contributed by atoms with Crippen LogP contribution in [0.4, 0.5) is 0 Å². The highest BCUT2D eigenvalue weighted by Crippen LogP contribution is 2.26. The summed E-state index contributed by atoms with van der Waals surface area (Å²) < 4.78 is 27.6. The lowest BCUT2D eigenvalue weighted by Crippen LogP contribution is -2.42. The van der Waals surface area contributed by atoms with Crippen molar-refractivity contribution in [2.24, 2.45) is 0 Å². The van der Waals surface area contributed by atoms with E-state index in [0.717, 1.165) is 53.4 Å². The number of hydrogen-bond acceptors (Lipinski definition) is 5. The van der Waals surface area contributed by atoms with E-state index < -0.39 is 21.8 Å². The molecule has 4 rings (SSSR count). The second kappa shape index (κ2) is 9.78. The average molecular weight is 482 g/mol. The monoisotopic (exact) mass is 481 g/mol. The van der Waals surface area contributed by atoms with E-state index in [1.54, 1.807) is 0 Å². The van der Waals surface area contributed by atoms with Crippen LogP contribution in [0.1, 0.15) is 51.4 Å². The zero-order valence-electron chi connectivity index (χ0n) is 19.1. The van der Waals surface area contributed by atoms with Crippen LogP contribution in [0.15, 0.2) is 59.5 Å². The fourth-order valence-electron chi connectivity index (χ4n) is 3.99. The number of fused-ring (bicyclic) bond motifs is 1. The number of para-hydroxylation sites is 1. The molecule has 0 aliphatic heterocycles. The number of aromatic nitrogens is 2. The Hall–Kier alpha value is -3.50. The van der Waals surface area contributed by atoms with Gasteiger partial charge in [0.05, 0.1) is 10.6 Å². The third kappa shape index (κ3) is 4.73. The van der Waals surface area contributed by atoms with Crippen molar-refractivity contribution < 1.29 is 18.0 Å². The Balaban J connectivity index is 1.55. The SMILES string of the molecule is CN(C)S(=O)(=O)c1cccc(C(=O)NNC(=O)c2nn(-c3ccccc3)c3c2CCCCC3)c1. The van der Waals surface area contributed by atoms with Gasteiger partial charge >= 0.3 is 0 Å². The Bertz CT molecular complexity index is 1320. The van der Waals surface area contributed by atoms with E-state index in [-0.39, 0.29) is 16.2 Å². The van der Waals surface area contributed by atoms with Gasteiger partial charge in [-0.3, -0.25) is 20.4 Å². The standard InChI is InChI=1S/C24H27N5O4S/c1-28(2)34(32,33)19-13-9-10-17(16-19)23(30)25-26-24(31)22-20-14-7-4-8-15-21(20)29(27-22)18-11-5-3-6-12-18/h3,5-6,9-13,16H,4,7-8,14-15H2,1-2H3,(H,25,30)(H,26,31). The molecule has 3 aromatic rings. The van der Waals surface area contributed by atoms with Gasteiger partial charge in [0, 0.05) is 30.9 Å². The summed E-state index contributed by atoms with van der Waals surface area (Å²) in [6.45, 7) is 0. The van der Waals surface area contributed by atoms with Gasteiger partial charge in [-0.25, -0.2) is 17.4 Å². The van der Waals surface area contributed by atoms with Gasteiger partial charge in [-0.15, -0.1) is 0 Å². The third-order valence-corrected chi connectivity index (χ3v) is 7.62. The van der Waals surface area contributed by atoms with E-state index in [2.05, 4.69) is 16.0 Å². The maximum absolute atomic E-state index is 13.0. The Kier molecular flexibility index (Phi) is 6.80. The molecule has 0 atom stereocenters. The first-order valence-electron chi connectivity index (χ1n) is 11.1. The van der Waals surface area contributed by atoms with Gasteiger partial charge in [0.25, 0.3) is 11.8 Å². The van der Waals surface area contributed by atoms with Crippen molar-refractivity contribution in [3.05, 3.63) is 77.1 Å². The number of hydrazine groups is 1. The molecule has 1 aliphatic carbocycles. The Labute approximate surface area is 198 Å². The van der Waals surface area contributed by atoms with E-state index in [1.165, 1.54) is 38.4 Å². The van der Waals surface area contributed by atoms with Crippen molar-refractivity contribution in [1.29, 1.82) is 0 Å². The van der Waals surface area contributed by atoms with E-state index in [1.807, 2.05) is 35.0 Å². The van der Waals surface area contributed by atoms with E-state index in [9.17, 15) is 18.0 Å². The number of amides is 2. The number of hydrogen-bond donors (Lipinski definition) is 2. The van der Waals surface area contributed by atoms with E-state index >= 15 is 0 Å². The minimum atomic E-state index is -3.69. The van der Waals surface area contributed by atoms with Crippen LogP contribution < -0.4 is 10.9 Å². The molecule has 0 saturated heterocycles. The van der Waals surface area contributed by atoms with Crippen LogP contribution in [-0.2, 0) is 22.9 Å². The highest BCUT2D eigenvalue weighted by atomic mass is 32.2. The van der Waals surface area contributed by atoms with Gasteiger partial charge in [-0.1, -0.05) is 30.7 Å². The zero-order chi connectivity index (χ0) is 24.3. The smallest absolute Gasteiger partial charge is 0.267 e. The van der Waals surface area contributed by atoms with E-state index in [0.29, 0.717) is 0 Å². The summed E-state index contributed by atoms with van der Waals surface area (Å²) >= 11 is 0. The van der Waals surface area contributed by atoms with Crippen molar-refractivity contribution in [2.45, 2.75) is 37.0 Å². The lowest BCUT2D eigenvalue weighted by Gasteiger charge is -2.12. The maximum Gasteiger partial charge on any atom is 0.290 e. The molecule has 1 aliphatic rings. The maximum atomic E-state index is 13.0. The molecule has 2 amide bonds. The van der Waals surface area contributed by atoms with Crippen molar-refractivity contribution in [3.63, 3.8) is 0 Å². The summed E-state index contributed by atoms with van der Waals surface area (Å²) in [6.07, 6.45) is 4.63. The number of carbonyl (C=O) groups is 2. The lowest BCUT2D eigenvalue weighted by molar-refractivity contribution is 0.0843. The number of benzene rings is 2. The second-order valence-electron chi connectivity index (χ2n) is 8.31. The lowest BCUT2D eigenvalue weighted by atomic mass is 10.1. The van der Waals surface area contributed by atoms with E-state index in [4.69, 9.17) is 0 Å². The normalized spacial score (nSPS) is 13.7. The number of nitrogens with one attached hydrogen (secondary N) is 2. The highest BCUT2D eigenvalue weighted by Gasteiger charge is 2.25. The van der Waals surface area contributed by atoms with Crippen molar-refractivity contribution in [3.8, 4) is 5.69 Å². The first kappa shape index (κ1) is 23.7. The molecule has 178 valence electrons. The molecular formula is C24H27N5O4S. The van der Waals surface area contributed by atoms with Gasteiger partial charge in [-0.2, -0.15) is 5.10 Å². The van der Waals surface area contributed by atoms with Gasteiger partial charge < -0.3 is 0 Å². The summed E-state index contributed by atoms with van der Waals surface area (Å²) in [5.74, 6) is -1.14. The van der Waals surface area contributed by atoms with Crippen LogP contribution in [0.2, 0.25) is 0 Å². The van der Waals surface area contributed by atoms with Crippen LogP contribution in [0.5, 0.6) is 0 Å². The van der Waals surface area contributed by atoms with Gasteiger partial charge in [0.1, 0.15) is 0 Å². The minimum absolute atomic E-state index is 0.0107. The third-order valence-electron chi connectivity index (χ3n) is 5.81. The Morgan fingerprint density at radius 2 is 1.62 bits per heavy atom. The summed E-state index contributed by atoms with van der Waals surface area (Å²) in [7, 11) is -0.858. The predicted octanol–water partition coefficient (Wildman–Crippen LogP) is 2.47. The van der Waals surface area contributed by atoms with Crippen molar-refractivity contribution >= 4 is 21.8 Å². The Morgan fingerprint density at radius 3 is 2.35 bits per heavy atom. The number of sulfonamides is 1. The molecule has 2 N–H and O–H groups in total. The predicted molar refractivity (Wildman–Crippen MR) is 127 cm³/mol. The summed E-state index contributed by atoms with van der Waals surface area (Å²) in [6, 6.07) is 15.3. The van der Waals surface area contributed by atoms with Crippen molar-refractivity contribution in [1.82, 2.24) is 24.9 Å². The molecule has 1 heterocycles. The molecule has 0 bridgehead atoms. The molecule has 10 heteroatoms. The fourth-order valence-corrected chi connectivity index (χ4v) is 4.94. The molecule has 0 saturated carbocycles. The minimum Gasteiger partial charge on any atom is -0.267 e. The molecule has 34 heavy (non-hydrogen) atoms.